The SMILES string of the molecule is O=C(O)CN(CC(=O)O)Cc1cc(F)cc(C2=NNC(c3cc(CN(CC(=O)O)CC(=O)O)cc(SF)c3)=NN2)c1. The van der Waals surface area contributed by atoms with Gasteiger partial charge in [-0.15, -0.1) is 0 Å². The van der Waals surface area contributed by atoms with Crippen molar-refractivity contribution in [2.24, 2.45) is 10.2 Å². The molecular weight excluding hydrogens is 570 g/mol. The fourth-order valence-corrected chi connectivity index (χ4v) is 4.32. The molecule has 6 N–H and O–H groups in total. The summed E-state index contributed by atoms with van der Waals surface area (Å²) in [5.74, 6) is -5.45. The Kier molecular flexibility index (Phi) is 10.7. The standard InChI is InChI=1S/C24H24F2N6O8S/c25-17-3-13(7-31(9-19(33)34)10-20(35)36)1-15(5-17)23-27-29-24(30-28-23)16-2-14(4-18(6-16)41-26)8-32(11-21(37)38)12-22(39)40/h1-6H,7-12H2,(H,27,28)(H,29,30)(H,33,34)(H,35,36)(H,37,38)(H,39,40). The number of rotatable bonds is 15. The Bertz CT molecular complexity index is 1370. The number of carboxylic acid groups (broad SMARTS) is 4. The van der Waals surface area contributed by atoms with Crippen LogP contribution in [0.5, 0.6) is 0 Å². The van der Waals surface area contributed by atoms with Gasteiger partial charge in [-0.2, -0.15) is 14.1 Å². The molecule has 14 nitrogen and oxygen atoms in total. The van der Waals surface area contributed by atoms with E-state index >= 15 is 0 Å². The zero-order valence-corrected chi connectivity index (χ0v) is 21.9. The lowest BCUT2D eigenvalue weighted by Gasteiger charge is -2.20. The molecule has 0 atom stereocenters. The van der Waals surface area contributed by atoms with Gasteiger partial charge in [-0.1, -0.05) is 0 Å². The van der Waals surface area contributed by atoms with Crippen LogP contribution < -0.4 is 10.9 Å². The summed E-state index contributed by atoms with van der Waals surface area (Å²) < 4.78 is 27.9. The predicted octanol–water partition coefficient (Wildman–Crippen LogP) is 0.961. The van der Waals surface area contributed by atoms with Gasteiger partial charge in [0.2, 0.25) is 0 Å². The average Bonchev–Trinajstić information content (AvgIpc) is 2.86. The van der Waals surface area contributed by atoms with E-state index in [-0.39, 0.29) is 52.9 Å². The largest absolute Gasteiger partial charge is 0.480 e. The smallest absolute Gasteiger partial charge is 0.317 e. The number of benzene rings is 2. The summed E-state index contributed by atoms with van der Waals surface area (Å²) in [5, 5.41) is 44.5. The fourth-order valence-electron chi connectivity index (χ4n) is 3.95. The van der Waals surface area contributed by atoms with Gasteiger partial charge in [0.05, 0.1) is 38.3 Å². The van der Waals surface area contributed by atoms with Crippen molar-refractivity contribution in [3.05, 3.63) is 64.5 Å². The van der Waals surface area contributed by atoms with E-state index in [9.17, 15) is 27.5 Å². The van der Waals surface area contributed by atoms with Crippen LogP contribution in [0.1, 0.15) is 22.3 Å². The third-order valence-corrected chi connectivity index (χ3v) is 5.77. The molecule has 3 rings (SSSR count). The second kappa shape index (κ2) is 14.1. The molecular formula is C24H24F2N6O8S. The third-order valence-electron chi connectivity index (χ3n) is 5.35. The number of carboxylic acids is 4. The molecule has 0 bridgehead atoms. The summed E-state index contributed by atoms with van der Waals surface area (Å²) in [6.07, 6.45) is 0. The summed E-state index contributed by atoms with van der Waals surface area (Å²) in [6, 6.07) is 8.15. The van der Waals surface area contributed by atoms with Crippen LogP contribution >= 0.6 is 12.1 Å². The topological polar surface area (TPSA) is 204 Å². The highest BCUT2D eigenvalue weighted by Crippen LogP contribution is 2.24. The van der Waals surface area contributed by atoms with E-state index in [0.717, 1.165) is 21.9 Å². The maximum absolute atomic E-state index is 14.4. The van der Waals surface area contributed by atoms with Crippen molar-refractivity contribution in [1.82, 2.24) is 20.7 Å². The van der Waals surface area contributed by atoms with Gasteiger partial charge in [0.25, 0.3) is 0 Å². The molecule has 0 saturated heterocycles. The Labute approximate surface area is 235 Å². The first-order chi connectivity index (χ1) is 19.4. The molecule has 0 fully saturated rings. The van der Waals surface area contributed by atoms with Crippen molar-refractivity contribution < 1.29 is 47.9 Å². The minimum absolute atomic E-state index is 0.0721. The van der Waals surface area contributed by atoms with E-state index < -0.39 is 55.9 Å². The zero-order valence-electron chi connectivity index (χ0n) is 21.1. The van der Waals surface area contributed by atoms with Crippen molar-refractivity contribution >= 4 is 47.7 Å². The van der Waals surface area contributed by atoms with E-state index in [0.29, 0.717) is 11.1 Å². The van der Waals surface area contributed by atoms with E-state index in [1.165, 1.54) is 18.2 Å². The van der Waals surface area contributed by atoms with Crippen molar-refractivity contribution in [2.45, 2.75) is 18.0 Å². The van der Waals surface area contributed by atoms with Gasteiger partial charge in [-0.05, 0) is 47.5 Å². The lowest BCUT2D eigenvalue weighted by molar-refractivity contribution is -0.144. The summed E-state index contributed by atoms with van der Waals surface area (Å²) in [7, 11) is 0. The summed E-state index contributed by atoms with van der Waals surface area (Å²) in [4.78, 5) is 46.8. The highest BCUT2D eigenvalue weighted by atomic mass is 32.2. The number of amidine groups is 2. The highest BCUT2D eigenvalue weighted by Gasteiger charge is 2.19. The Morgan fingerprint density at radius 3 is 1.49 bits per heavy atom. The van der Waals surface area contributed by atoms with Crippen LogP contribution in [-0.4, -0.2) is 92.0 Å². The Hall–Kier alpha value is -4.61. The molecule has 1 aliphatic heterocycles. The van der Waals surface area contributed by atoms with Gasteiger partial charge >= 0.3 is 23.9 Å². The molecule has 41 heavy (non-hydrogen) atoms. The maximum atomic E-state index is 14.4. The molecule has 1 aliphatic rings. The second-order valence-electron chi connectivity index (χ2n) is 8.80. The van der Waals surface area contributed by atoms with E-state index in [1.807, 2.05) is 0 Å². The molecule has 2 aromatic carbocycles. The van der Waals surface area contributed by atoms with Crippen molar-refractivity contribution in [2.75, 3.05) is 26.2 Å². The summed E-state index contributed by atoms with van der Waals surface area (Å²) >= 11 is -0.0807. The number of aliphatic carboxylic acids is 4. The Morgan fingerprint density at radius 1 is 0.683 bits per heavy atom. The summed E-state index contributed by atoms with van der Waals surface area (Å²) in [6.45, 7) is -2.53. The second-order valence-corrected chi connectivity index (χ2v) is 9.43. The van der Waals surface area contributed by atoms with E-state index in [4.69, 9.17) is 20.4 Å². The van der Waals surface area contributed by atoms with Crippen molar-refractivity contribution in [1.29, 1.82) is 0 Å². The number of halogens is 2. The molecule has 0 unspecified atom stereocenters. The molecule has 0 radical (unpaired) electrons. The zero-order chi connectivity index (χ0) is 30.1. The maximum Gasteiger partial charge on any atom is 0.317 e. The van der Waals surface area contributed by atoms with Gasteiger partial charge in [-0.25, -0.2) is 4.39 Å². The number of nitrogens with zero attached hydrogens (tertiary/aromatic N) is 4. The predicted molar refractivity (Wildman–Crippen MR) is 140 cm³/mol. The van der Waals surface area contributed by atoms with Crippen LogP contribution in [0.25, 0.3) is 0 Å². The average molecular weight is 595 g/mol. The van der Waals surface area contributed by atoms with Gasteiger partial charge in [0.1, 0.15) is 5.82 Å². The lowest BCUT2D eigenvalue weighted by Crippen LogP contribution is -2.36. The normalized spacial score (nSPS) is 12.8. The third kappa shape index (κ3) is 9.82. The minimum atomic E-state index is -1.25. The van der Waals surface area contributed by atoms with Crippen LogP contribution in [-0.2, 0) is 32.3 Å². The van der Waals surface area contributed by atoms with E-state index in [2.05, 4.69) is 21.1 Å². The molecule has 1 heterocycles. The number of carbonyl (C=O) groups is 4. The highest BCUT2D eigenvalue weighted by molar-refractivity contribution is 7.94. The lowest BCUT2D eigenvalue weighted by atomic mass is 10.1. The quantitative estimate of drug-likeness (QED) is 0.170. The van der Waals surface area contributed by atoms with Gasteiger partial charge in [-0.3, -0.25) is 39.8 Å². The molecule has 2 aromatic rings. The van der Waals surface area contributed by atoms with Crippen LogP contribution in [0.15, 0.2) is 51.5 Å². The minimum Gasteiger partial charge on any atom is -0.480 e. The number of hydrogen-bond donors (Lipinski definition) is 6. The van der Waals surface area contributed by atoms with Crippen LogP contribution in [0, 0.1) is 5.82 Å². The molecule has 0 saturated carbocycles. The number of hydrazone groups is 2. The first-order valence-corrected chi connectivity index (χ1v) is 12.4. The molecule has 0 spiro atoms. The van der Waals surface area contributed by atoms with Crippen LogP contribution in [0.2, 0.25) is 0 Å². The van der Waals surface area contributed by atoms with E-state index in [1.54, 1.807) is 6.07 Å². The molecule has 17 heteroatoms. The molecule has 0 aliphatic carbocycles. The number of hydrogen-bond acceptors (Lipinski definition) is 11. The Balaban J connectivity index is 1.80. The Morgan fingerprint density at radius 2 is 1.10 bits per heavy atom. The van der Waals surface area contributed by atoms with Gasteiger partial charge < -0.3 is 20.4 Å². The van der Waals surface area contributed by atoms with Crippen molar-refractivity contribution in [3.8, 4) is 0 Å². The van der Waals surface area contributed by atoms with Crippen LogP contribution in [0.4, 0.5) is 8.28 Å². The fraction of sp³-hybridized carbons (Fsp3) is 0.250. The van der Waals surface area contributed by atoms with Gasteiger partial charge in [0, 0.05) is 29.1 Å². The molecule has 0 aromatic heterocycles. The monoisotopic (exact) mass is 594 g/mol. The first-order valence-electron chi connectivity index (χ1n) is 11.6. The number of nitrogens with one attached hydrogen (secondary N) is 2. The molecule has 0 amide bonds. The molecule has 218 valence electrons. The van der Waals surface area contributed by atoms with Gasteiger partial charge in [0.15, 0.2) is 11.7 Å². The first kappa shape index (κ1) is 30.9. The summed E-state index contributed by atoms with van der Waals surface area (Å²) in [5.41, 5.74) is 6.55. The van der Waals surface area contributed by atoms with Crippen molar-refractivity contribution in [3.63, 3.8) is 0 Å². The van der Waals surface area contributed by atoms with Crippen LogP contribution in [0.3, 0.4) is 0 Å².